The lowest BCUT2D eigenvalue weighted by Crippen LogP contribution is -2.04. The Bertz CT molecular complexity index is 615. The smallest absolute Gasteiger partial charge is 0.163 e. The maximum Gasteiger partial charge on any atom is 0.163 e. The van der Waals surface area contributed by atoms with Crippen LogP contribution in [-0.4, -0.2) is 12.9 Å². The molecule has 2 aromatic carbocycles. The summed E-state index contributed by atoms with van der Waals surface area (Å²) >= 11 is 0. The highest BCUT2D eigenvalue weighted by atomic mass is 16.5. The molecule has 2 heteroatoms. The molecule has 0 unspecified atom stereocenters. The van der Waals surface area contributed by atoms with Crippen molar-refractivity contribution < 1.29 is 9.53 Å². The van der Waals surface area contributed by atoms with Gasteiger partial charge in [0.25, 0.3) is 0 Å². The zero-order chi connectivity index (χ0) is 14.5. The number of hydrogen-bond acceptors (Lipinski definition) is 2. The van der Waals surface area contributed by atoms with Crippen LogP contribution >= 0.6 is 0 Å². The second kappa shape index (κ2) is 6.38. The molecule has 0 radical (unpaired) electrons. The first kappa shape index (κ1) is 14.3. The Morgan fingerprint density at radius 3 is 2.60 bits per heavy atom. The molecule has 20 heavy (non-hydrogen) atoms. The van der Waals surface area contributed by atoms with E-state index in [0.29, 0.717) is 12.8 Å². The van der Waals surface area contributed by atoms with E-state index in [4.69, 9.17) is 4.74 Å². The second-order valence-corrected chi connectivity index (χ2v) is 5.05. The molecule has 0 aliphatic heterocycles. The van der Waals surface area contributed by atoms with Gasteiger partial charge in [0.2, 0.25) is 0 Å². The van der Waals surface area contributed by atoms with Crippen molar-refractivity contribution in [3.8, 4) is 5.75 Å². The van der Waals surface area contributed by atoms with Crippen molar-refractivity contribution in [3.05, 3.63) is 64.7 Å². The summed E-state index contributed by atoms with van der Waals surface area (Å²) in [7, 11) is 1.66. The molecular formula is C18H20O2. The van der Waals surface area contributed by atoms with Crippen LogP contribution in [0.25, 0.3) is 0 Å². The van der Waals surface area contributed by atoms with Crippen LogP contribution in [0.5, 0.6) is 5.75 Å². The fraction of sp³-hybridized carbons (Fsp3) is 0.278. The molecule has 0 spiro atoms. The summed E-state index contributed by atoms with van der Waals surface area (Å²) in [5, 5.41) is 0. The summed E-state index contributed by atoms with van der Waals surface area (Å²) in [5.74, 6) is 1.04. The van der Waals surface area contributed by atoms with Gasteiger partial charge in [0.15, 0.2) is 5.78 Å². The van der Waals surface area contributed by atoms with Gasteiger partial charge in [0, 0.05) is 12.0 Å². The van der Waals surface area contributed by atoms with E-state index in [2.05, 4.69) is 0 Å². The van der Waals surface area contributed by atoms with Crippen molar-refractivity contribution in [2.24, 2.45) is 0 Å². The van der Waals surface area contributed by atoms with Crippen molar-refractivity contribution >= 4 is 5.78 Å². The van der Waals surface area contributed by atoms with E-state index in [9.17, 15) is 4.79 Å². The number of carbonyl (C=O) groups is 1. The van der Waals surface area contributed by atoms with E-state index in [0.717, 1.165) is 28.0 Å². The Labute approximate surface area is 120 Å². The molecule has 0 saturated heterocycles. The lowest BCUT2D eigenvalue weighted by atomic mass is 9.97. The fourth-order valence-corrected chi connectivity index (χ4v) is 2.33. The van der Waals surface area contributed by atoms with Crippen LogP contribution in [0.1, 0.15) is 33.5 Å². The van der Waals surface area contributed by atoms with E-state index < -0.39 is 0 Å². The van der Waals surface area contributed by atoms with Crippen LogP contribution in [0.4, 0.5) is 0 Å². The molecular weight excluding hydrogens is 248 g/mol. The summed E-state index contributed by atoms with van der Waals surface area (Å²) < 4.78 is 5.31. The molecule has 0 N–H and O–H groups in total. The third-order valence-corrected chi connectivity index (χ3v) is 3.51. The van der Waals surface area contributed by atoms with Crippen molar-refractivity contribution in [2.45, 2.75) is 26.7 Å². The van der Waals surface area contributed by atoms with E-state index in [-0.39, 0.29) is 5.78 Å². The van der Waals surface area contributed by atoms with E-state index >= 15 is 0 Å². The molecule has 0 aliphatic rings. The van der Waals surface area contributed by atoms with E-state index in [1.54, 1.807) is 7.11 Å². The van der Waals surface area contributed by atoms with Gasteiger partial charge in [-0.1, -0.05) is 35.9 Å². The average Bonchev–Trinajstić information content (AvgIpc) is 2.47. The number of carbonyl (C=O) groups excluding carboxylic acids is 1. The van der Waals surface area contributed by atoms with Crippen LogP contribution in [-0.2, 0) is 6.42 Å². The molecule has 0 saturated carbocycles. The summed E-state index contributed by atoms with van der Waals surface area (Å²) in [6.45, 7) is 3.99. The molecule has 2 aromatic rings. The number of ketones is 1. The lowest BCUT2D eigenvalue weighted by molar-refractivity contribution is 0.0982. The number of hydrogen-bond donors (Lipinski definition) is 0. The highest BCUT2D eigenvalue weighted by molar-refractivity contribution is 5.97. The predicted octanol–water partition coefficient (Wildman–Crippen LogP) is 4.13. The summed E-state index contributed by atoms with van der Waals surface area (Å²) in [4.78, 5) is 12.3. The molecule has 2 rings (SSSR count). The predicted molar refractivity (Wildman–Crippen MR) is 81.6 cm³/mol. The molecule has 104 valence electrons. The number of aryl methyl sites for hydroxylation is 3. The van der Waals surface area contributed by atoms with Gasteiger partial charge in [-0.05, 0) is 43.5 Å². The first-order valence-corrected chi connectivity index (χ1v) is 6.84. The maximum absolute atomic E-state index is 12.3. The number of benzene rings is 2. The van der Waals surface area contributed by atoms with Gasteiger partial charge in [0.05, 0.1) is 7.11 Å². The number of ether oxygens (including phenoxy) is 1. The highest BCUT2D eigenvalue weighted by Crippen LogP contribution is 2.20. The van der Waals surface area contributed by atoms with Crippen molar-refractivity contribution in [2.75, 3.05) is 7.11 Å². The normalized spacial score (nSPS) is 10.3. The van der Waals surface area contributed by atoms with Crippen LogP contribution in [0.2, 0.25) is 0 Å². The Kier molecular flexibility index (Phi) is 4.57. The Balaban J connectivity index is 2.11. The minimum Gasteiger partial charge on any atom is -0.496 e. The highest BCUT2D eigenvalue weighted by Gasteiger charge is 2.11. The number of Topliss-reactive ketones (excluding diaryl/α,β-unsaturated/α-hetero) is 1. The molecule has 0 aliphatic carbocycles. The fourth-order valence-electron chi connectivity index (χ4n) is 2.33. The second-order valence-electron chi connectivity index (χ2n) is 5.05. The largest absolute Gasteiger partial charge is 0.496 e. The third-order valence-electron chi connectivity index (χ3n) is 3.51. The topological polar surface area (TPSA) is 26.3 Å². The third kappa shape index (κ3) is 3.27. The Morgan fingerprint density at radius 2 is 1.85 bits per heavy atom. The van der Waals surface area contributed by atoms with E-state index in [1.807, 2.05) is 56.3 Å². The first-order chi connectivity index (χ1) is 9.61. The van der Waals surface area contributed by atoms with Gasteiger partial charge in [-0.15, -0.1) is 0 Å². The zero-order valence-electron chi connectivity index (χ0n) is 12.3. The quantitative estimate of drug-likeness (QED) is 0.762. The molecule has 0 atom stereocenters. The Morgan fingerprint density at radius 1 is 1.10 bits per heavy atom. The van der Waals surface area contributed by atoms with Gasteiger partial charge < -0.3 is 4.74 Å². The first-order valence-electron chi connectivity index (χ1n) is 6.84. The number of para-hydroxylation sites is 1. The molecule has 2 nitrogen and oxygen atoms in total. The van der Waals surface area contributed by atoms with Crippen LogP contribution in [0.3, 0.4) is 0 Å². The zero-order valence-corrected chi connectivity index (χ0v) is 12.3. The van der Waals surface area contributed by atoms with Gasteiger partial charge in [-0.3, -0.25) is 4.79 Å². The summed E-state index contributed by atoms with van der Waals surface area (Å²) in [6.07, 6.45) is 1.21. The SMILES string of the molecule is COc1ccccc1CCC(=O)c1cc(C)ccc1C. The minimum atomic E-state index is 0.192. The molecule has 0 heterocycles. The van der Waals surface area contributed by atoms with Gasteiger partial charge in [-0.25, -0.2) is 0 Å². The van der Waals surface area contributed by atoms with Crippen molar-refractivity contribution in [1.82, 2.24) is 0 Å². The van der Waals surface area contributed by atoms with Crippen molar-refractivity contribution in [3.63, 3.8) is 0 Å². The number of methoxy groups -OCH3 is 1. The molecule has 0 bridgehead atoms. The van der Waals surface area contributed by atoms with Crippen LogP contribution in [0, 0.1) is 13.8 Å². The number of rotatable bonds is 5. The van der Waals surface area contributed by atoms with E-state index in [1.165, 1.54) is 0 Å². The summed E-state index contributed by atoms with van der Waals surface area (Å²) in [6, 6.07) is 13.9. The monoisotopic (exact) mass is 268 g/mol. The maximum atomic E-state index is 12.3. The Hall–Kier alpha value is -2.09. The van der Waals surface area contributed by atoms with Crippen molar-refractivity contribution in [1.29, 1.82) is 0 Å². The van der Waals surface area contributed by atoms with Gasteiger partial charge >= 0.3 is 0 Å². The molecule has 0 fully saturated rings. The molecule has 0 aromatic heterocycles. The lowest BCUT2D eigenvalue weighted by Gasteiger charge is -2.09. The summed E-state index contributed by atoms with van der Waals surface area (Å²) in [5.41, 5.74) is 4.07. The van der Waals surface area contributed by atoms with Crippen LogP contribution < -0.4 is 4.74 Å². The van der Waals surface area contributed by atoms with Gasteiger partial charge in [0.1, 0.15) is 5.75 Å². The minimum absolute atomic E-state index is 0.192. The average molecular weight is 268 g/mol. The van der Waals surface area contributed by atoms with Gasteiger partial charge in [-0.2, -0.15) is 0 Å². The standard InChI is InChI=1S/C18H20O2/c1-13-8-9-14(2)16(12-13)17(19)11-10-15-6-4-5-7-18(15)20-3/h4-9,12H,10-11H2,1-3H3. The van der Waals surface area contributed by atoms with Crippen LogP contribution in [0.15, 0.2) is 42.5 Å². The molecule has 0 amide bonds.